The van der Waals surface area contributed by atoms with Crippen molar-refractivity contribution in [1.82, 2.24) is 20.2 Å². The lowest BCUT2D eigenvalue weighted by molar-refractivity contribution is -0.152. The topological polar surface area (TPSA) is 104 Å². The van der Waals surface area contributed by atoms with Crippen LogP contribution in [0.25, 0.3) is 11.4 Å². The highest BCUT2D eigenvalue weighted by Gasteiger charge is 2.35. The summed E-state index contributed by atoms with van der Waals surface area (Å²) in [5.41, 5.74) is -0.521. The van der Waals surface area contributed by atoms with Crippen molar-refractivity contribution in [2.24, 2.45) is 5.41 Å². The lowest BCUT2D eigenvalue weighted by atomic mass is 9.95. The van der Waals surface area contributed by atoms with Gasteiger partial charge in [0, 0.05) is 24.8 Å². The third kappa shape index (κ3) is 5.03. The molecule has 3 rings (SSSR count). The summed E-state index contributed by atoms with van der Waals surface area (Å²) in [5.74, 6) is -1.34. The first-order chi connectivity index (χ1) is 13.6. The Bertz CT molecular complexity index is 843. The lowest BCUT2D eigenvalue weighted by Crippen LogP contribution is -2.39. The van der Waals surface area contributed by atoms with E-state index in [0.29, 0.717) is 24.5 Å². The molecule has 0 atom stereocenters. The van der Waals surface area contributed by atoms with Gasteiger partial charge >= 0.3 is 12.1 Å². The molecule has 29 heavy (non-hydrogen) atoms. The molecule has 1 saturated heterocycles. The second-order valence-electron chi connectivity index (χ2n) is 7.61. The number of anilines is 1. The van der Waals surface area contributed by atoms with Crippen LogP contribution in [0.4, 0.5) is 19.0 Å². The molecule has 1 fully saturated rings. The summed E-state index contributed by atoms with van der Waals surface area (Å²) in [4.78, 5) is 19.7. The van der Waals surface area contributed by atoms with Crippen LogP contribution in [0.3, 0.4) is 0 Å². The fraction of sp³-hybridized carbons (Fsp3) is 0.556. The molecule has 2 aromatic heterocycles. The van der Waals surface area contributed by atoms with Crippen molar-refractivity contribution in [3.05, 3.63) is 24.2 Å². The number of piperidine rings is 1. The fourth-order valence-electron chi connectivity index (χ4n) is 2.87. The van der Waals surface area contributed by atoms with Crippen molar-refractivity contribution in [3.8, 4) is 11.4 Å². The van der Waals surface area contributed by atoms with Gasteiger partial charge in [-0.15, -0.1) is 10.2 Å². The van der Waals surface area contributed by atoms with Crippen LogP contribution >= 0.6 is 0 Å². The minimum absolute atomic E-state index is 0.00419. The lowest BCUT2D eigenvalue weighted by Gasteiger charge is -2.34. The Morgan fingerprint density at radius 2 is 1.97 bits per heavy atom. The van der Waals surface area contributed by atoms with Crippen LogP contribution in [0.1, 0.15) is 32.5 Å². The number of H-pyrrole nitrogens is 1. The van der Waals surface area contributed by atoms with Gasteiger partial charge in [0.2, 0.25) is 5.82 Å². The largest absolute Gasteiger partial charge is 0.481 e. The summed E-state index contributed by atoms with van der Waals surface area (Å²) in [5, 5.41) is 15.8. The molecular formula is C18H22F3N5O3. The van der Waals surface area contributed by atoms with E-state index in [2.05, 4.69) is 20.2 Å². The summed E-state index contributed by atoms with van der Waals surface area (Å²) in [6, 6.07) is 3.36. The number of carbonyl (C=O) groups is 1. The number of aromatic amines is 1. The zero-order valence-corrected chi connectivity index (χ0v) is 16.0. The average molecular weight is 413 g/mol. The van der Waals surface area contributed by atoms with Crippen molar-refractivity contribution in [1.29, 1.82) is 0 Å². The average Bonchev–Trinajstić information content (AvgIpc) is 3.18. The zero-order chi connectivity index (χ0) is 21.2. The van der Waals surface area contributed by atoms with Gasteiger partial charge in [0.1, 0.15) is 5.82 Å². The molecule has 2 aromatic rings. The van der Waals surface area contributed by atoms with Crippen LogP contribution in [-0.4, -0.2) is 57.0 Å². The molecule has 0 spiro atoms. The Morgan fingerprint density at radius 3 is 2.48 bits per heavy atom. The Hall–Kier alpha value is -2.69. The summed E-state index contributed by atoms with van der Waals surface area (Å²) in [7, 11) is 0. The maximum Gasteiger partial charge on any atom is 0.451 e. The highest BCUT2D eigenvalue weighted by Crippen LogP contribution is 2.28. The molecule has 2 N–H and O–H groups in total. The molecule has 0 aromatic carbocycles. The smallest absolute Gasteiger partial charge is 0.451 e. The van der Waals surface area contributed by atoms with Crippen LogP contribution in [0.15, 0.2) is 18.3 Å². The Balaban J connectivity index is 1.55. The van der Waals surface area contributed by atoms with Gasteiger partial charge in [0.25, 0.3) is 0 Å². The van der Waals surface area contributed by atoms with Gasteiger partial charge in [0.15, 0.2) is 5.82 Å². The van der Waals surface area contributed by atoms with E-state index in [1.165, 1.54) is 6.20 Å². The minimum atomic E-state index is -4.58. The number of nitrogens with one attached hydrogen (secondary N) is 1. The van der Waals surface area contributed by atoms with E-state index in [4.69, 9.17) is 9.84 Å². The number of hydrogen-bond acceptors (Lipinski definition) is 6. The normalized spacial score (nSPS) is 16.2. The van der Waals surface area contributed by atoms with Crippen LogP contribution in [-0.2, 0) is 15.7 Å². The monoisotopic (exact) mass is 413 g/mol. The first-order valence-corrected chi connectivity index (χ1v) is 9.12. The maximum atomic E-state index is 12.6. The highest BCUT2D eigenvalue weighted by atomic mass is 19.4. The molecular weight excluding hydrogens is 391 g/mol. The first-order valence-electron chi connectivity index (χ1n) is 9.12. The van der Waals surface area contributed by atoms with Crippen molar-refractivity contribution < 1.29 is 27.8 Å². The van der Waals surface area contributed by atoms with Crippen LogP contribution in [0.5, 0.6) is 0 Å². The molecule has 0 aliphatic carbocycles. The standard InChI is InChI=1S/C18H22F3N5O3/c1-17(2,16(27)28)10-29-12-5-7-26(8-6-12)13-4-3-11(9-22-13)14-23-15(25-24-14)18(19,20)21/h3-4,9,12H,5-8,10H2,1-2H3,(H,27,28)(H,23,24,25). The molecule has 0 bridgehead atoms. The van der Waals surface area contributed by atoms with E-state index in [-0.39, 0.29) is 18.5 Å². The number of aromatic nitrogens is 4. The molecule has 3 heterocycles. The first kappa shape index (κ1) is 21.0. The van der Waals surface area contributed by atoms with E-state index in [9.17, 15) is 18.0 Å². The van der Waals surface area contributed by atoms with E-state index in [1.54, 1.807) is 26.0 Å². The summed E-state index contributed by atoms with van der Waals surface area (Å²) >= 11 is 0. The molecule has 158 valence electrons. The predicted octanol–water partition coefficient (Wildman–Crippen LogP) is 2.98. The molecule has 1 aliphatic rings. The molecule has 0 amide bonds. The molecule has 1 aliphatic heterocycles. The maximum absolute atomic E-state index is 12.6. The van der Waals surface area contributed by atoms with Crippen molar-refractivity contribution >= 4 is 11.8 Å². The van der Waals surface area contributed by atoms with Gasteiger partial charge in [-0.3, -0.25) is 4.79 Å². The summed E-state index contributed by atoms with van der Waals surface area (Å²) < 4.78 is 43.6. The van der Waals surface area contributed by atoms with Crippen LogP contribution in [0, 0.1) is 5.41 Å². The van der Waals surface area contributed by atoms with Gasteiger partial charge in [-0.2, -0.15) is 13.2 Å². The molecule has 0 unspecified atom stereocenters. The van der Waals surface area contributed by atoms with E-state index >= 15 is 0 Å². The Labute approximate surface area is 165 Å². The molecule has 8 nitrogen and oxygen atoms in total. The second-order valence-corrected chi connectivity index (χ2v) is 7.61. The minimum Gasteiger partial charge on any atom is -0.481 e. The predicted molar refractivity (Wildman–Crippen MR) is 97.2 cm³/mol. The summed E-state index contributed by atoms with van der Waals surface area (Å²) in [6.07, 6.45) is -1.68. The highest BCUT2D eigenvalue weighted by molar-refractivity contribution is 5.73. The van der Waals surface area contributed by atoms with Crippen molar-refractivity contribution in [3.63, 3.8) is 0 Å². The number of hydrogen-bond donors (Lipinski definition) is 2. The van der Waals surface area contributed by atoms with E-state index < -0.39 is 23.4 Å². The quantitative estimate of drug-likeness (QED) is 0.750. The summed E-state index contributed by atoms with van der Waals surface area (Å²) in [6.45, 7) is 4.78. The number of pyridine rings is 1. The molecule has 11 heteroatoms. The molecule has 0 radical (unpaired) electrons. The number of carboxylic acids is 1. The number of carboxylic acid groups (broad SMARTS) is 1. The SMILES string of the molecule is CC(C)(COC1CCN(c2ccc(-c3nnc(C(F)(F)F)[nH]3)cn2)CC1)C(=O)O. The van der Waals surface area contributed by atoms with Crippen molar-refractivity contribution in [2.75, 3.05) is 24.6 Å². The Morgan fingerprint density at radius 1 is 1.28 bits per heavy atom. The van der Waals surface area contributed by atoms with Gasteiger partial charge in [-0.05, 0) is 38.8 Å². The van der Waals surface area contributed by atoms with E-state index in [0.717, 1.165) is 12.8 Å². The van der Waals surface area contributed by atoms with Gasteiger partial charge in [-0.25, -0.2) is 4.98 Å². The number of nitrogens with zero attached hydrogens (tertiary/aromatic N) is 4. The number of alkyl halides is 3. The third-order valence-corrected chi connectivity index (χ3v) is 4.80. The Kier molecular flexibility index (Phi) is 5.78. The van der Waals surface area contributed by atoms with E-state index in [1.807, 2.05) is 4.90 Å². The molecule has 0 saturated carbocycles. The zero-order valence-electron chi connectivity index (χ0n) is 16.0. The fourth-order valence-corrected chi connectivity index (χ4v) is 2.87. The van der Waals surface area contributed by atoms with Crippen molar-refractivity contribution in [2.45, 2.75) is 39.0 Å². The van der Waals surface area contributed by atoms with Crippen LogP contribution < -0.4 is 4.90 Å². The number of halogens is 3. The third-order valence-electron chi connectivity index (χ3n) is 4.80. The van der Waals surface area contributed by atoms with Gasteiger partial charge in [-0.1, -0.05) is 0 Å². The second kappa shape index (κ2) is 7.97. The van der Waals surface area contributed by atoms with Crippen LogP contribution in [0.2, 0.25) is 0 Å². The number of aliphatic carboxylic acids is 1. The van der Waals surface area contributed by atoms with Gasteiger partial charge in [0.05, 0.1) is 18.1 Å². The van der Waals surface area contributed by atoms with Gasteiger partial charge < -0.3 is 19.7 Å². The number of rotatable bonds is 6. The number of ether oxygens (including phenoxy) is 1.